The molecule has 0 saturated carbocycles. The molecule has 0 saturated heterocycles. The first-order valence-corrected chi connectivity index (χ1v) is 5.74. The number of carbonyl (C=O) groups excluding carboxylic acids is 1. The van der Waals surface area contributed by atoms with Crippen LogP contribution in [0.1, 0.15) is 18.1 Å². The molecule has 3 N–H and O–H groups in total. The summed E-state index contributed by atoms with van der Waals surface area (Å²) < 4.78 is 0. The van der Waals surface area contributed by atoms with Gasteiger partial charge in [0.15, 0.2) is 0 Å². The second-order valence-corrected chi connectivity index (χ2v) is 4.24. The average Bonchev–Trinajstić information content (AvgIpc) is 2.32. The lowest BCUT2D eigenvalue weighted by molar-refractivity contribution is -0.139. The fraction of sp³-hybridized carbons (Fsp3) is 0.385. The Balaban J connectivity index is 2.55. The Labute approximate surface area is 106 Å². The lowest BCUT2D eigenvalue weighted by atomic mass is 10.1. The highest BCUT2D eigenvalue weighted by Crippen LogP contribution is 2.17. The number of aliphatic carboxylic acids is 1. The number of rotatable bonds is 5. The van der Waals surface area contributed by atoms with Gasteiger partial charge in [-0.25, -0.2) is 0 Å². The van der Waals surface area contributed by atoms with E-state index in [-0.39, 0.29) is 12.5 Å². The number of aryl methyl sites for hydroxylation is 1. The van der Waals surface area contributed by atoms with E-state index in [1.165, 1.54) is 6.92 Å². The van der Waals surface area contributed by atoms with E-state index in [9.17, 15) is 9.59 Å². The van der Waals surface area contributed by atoms with Gasteiger partial charge in [0, 0.05) is 5.69 Å². The zero-order valence-electron chi connectivity index (χ0n) is 10.8. The minimum atomic E-state index is -0.977. The van der Waals surface area contributed by atoms with E-state index < -0.39 is 12.0 Å². The minimum absolute atomic E-state index is 0.0269. The van der Waals surface area contributed by atoms with Gasteiger partial charge in [0.25, 0.3) is 0 Å². The van der Waals surface area contributed by atoms with Crippen molar-refractivity contribution in [1.82, 2.24) is 5.32 Å². The van der Waals surface area contributed by atoms with Crippen molar-refractivity contribution >= 4 is 17.6 Å². The fourth-order valence-corrected chi connectivity index (χ4v) is 1.41. The first kappa shape index (κ1) is 14.2. The summed E-state index contributed by atoms with van der Waals surface area (Å²) in [7, 11) is 0. The zero-order chi connectivity index (χ0) is 13.7. The molecule has 0 fully saturated rings. The van der Waals surface area contributed by atoms with Crippen LogP contribution in [0.15, 0.2) is 18.2 Å². The first-order valence-electron chi connectivity index (χ1n) is 5.74. The number of carboxylic acids is 1. The molecule has 0 aliphatic rings. The molecule has 98 valence electrons. The van der Waals surface area contributed by atoms with E-state index in [0.717, 1.165) is 16.8 Å². The third kappa shape index (κ3) is 3.85. The van der Waals surface area contributed by atoms with Gasteiger partial charge in [0.2, 0.25) is 5.91 Å². The number of hydrogen-bond donors (Lipinski definition) is 3. The molecule has 5 heteroatoms. The molecule has 0 heterocycles. The van der Waals surface area contributed by atoms with Gasteiger partial charge < -0.3 is 10.4 Å². The maximum Gasteiger partial charge on any atom is 0.320 e. The maximum absolute atomic E-state index is 11.6. The summed E-state index contributed by atoms with van der Waals surface area (Å²) in [6.07, 6.45) is 0. The molecular weight excluding hydrogens is 232 g/mol. The molecule has 0 aliphatic carbocycles. The maximum atomic E-state index is 11.6. The molecule has 0 radical (unpaired) electrons. The summed E-state index contributed by atoms with van der Waals surface area (Å²) in [5.74, 6) is -1.23. The van der Waals surface area contributed by atoms with E-state index in [2.05, 4.69) is 10.6 Å². The van der Waals surface area contributed by atoms with Crippen molar-refractivity contribution in [1.29, 1.82) is 0 Å². The van der Waals surface area contributed by atoms with Crippen molar-refractivity contribution in [3.63, 3.8) is 0 Å². The largest absolute Gasteiger partial charge is 0.480 e. The molecule has 0 spiro atoms. The number of anilines is 1. The van der Waals surface area contributed by atoms with Crippen LogP contribution >= 0.6 is 0 Å². The highest BCUT2D eigenvalue weighted by Gasteiger charge is 2.12. The number of hydrogen-bond acceptors (Lipinski definition) is 3. The summed E-state index contributed by atoms with van der Waals surface area (Å²) in [5.41, 5.74) is 2.86. The first-order chi connectivity index (χ1) is 8.41. The standard InChI is InChI=1S/C13H18N2O3/c1-8-5-4-6-11(9(8)2)15-12(16)7-14-10(3)13(17)18/h4-6,10,14H,7H2,1-3H3,(H,15,16)(H,17,18)/t10-/m1/s1. The molecule has 1 aromatic carbocycles. The quantitative estimate of drug-likeness (QED) is 0.736. The molecule has 1 amide bonds. The summed E-state index contributed by atoms with van der Waals surface area (Å²) in [6, 6.07) is 4.91. The lowest BCUT2D eigenvalue weighted by Crippen LogP contribution is -2.39. The monoisotopic (exact) mass is 250 g/mol. The third-order valence-corrected chi connectivity index (χ3v) is 2.82. The van der Waals surface area contributed by atoms with Gasteiger partial charge >= 0.3 is 5.97 Å². The van der Waals surface area contributed by atoms with Crippen molar-refractivity contribution in [2.45, 2.75) is 26.8 Å². The van der Waals surface area contributed by atoms with E-state index in [4.69, 9.17) is 5.11 Å². The molecule has 1 aromatic rings. The van der Waals surface area contributed by atoms with E-state index in [1.54, 1.807) is 0 Å². The van der Waals surface area contributed by atoms with Gasteiger partial charge in [-0.2, -0.15) is 0 Å². The SMILES string of the molecule is Cc1cccc(NC(=O)CN[C@H](C)C(=O)O)c1C. The van der Waals surface area contributed by atoms with Crippen LogP contribution in [0.3, 0.4) is 0 Å². The lowest BCUT2D eigenvalue weighted by Gasteiger charge is -2.12. The Morgan fingerprint density at radius 3 is 2.61 bits per heavy atom. The summed E-state index contributed by atoms with van der Waals surface area (Å²) in [6.45, 7) is 5.36. The van der Waals surface area contributed by atoms with Crippen molar-refractivity contribution in [3.05, 3.63) is 29.3 Å². The topological polar surface area (TPSA) is 78.4 Å². The molecule has 0 aliphatic heterocycles. The summed E-state index contributed by atoms with van der Waals surface area (Å²) in [5, 5.41) is 14.0. The van der Waals surface area contributed by atoms with Crippen LogP contribution in [-0.2, 0) is 9.59 Å². The van der Waals surface area contributed by atoms with Crippen molar-refractivity contribution in [3.8, 4) is 0 Å². The molecule has 5 nitrogen and oxygen atoms in total. The third-order valence-electron chi connectivity index (χ3n) is 2.82. The molecule has 0 bridgehead atoms. The molecule has 18 heavy (non-hydrogen) atoms. The molecule has 0 unspecified atom stereocenters. The van der Waals surface area contributed by atoms with Crippen LogP contribution in [0.2, 0.25) is 0 Å². The Bertz CT molecular complexity index is 458. The minimum Gasteiger partial charge on any atom is -0.480 e. The molecule has 1 atom stereocenters. The number of amides is 1. The van der Waals surface area contributed by atoms with Crippen LogP contribution in [0.5, 0.6) is 0 Å². The van der Waals surface area contributed by atoms with Crippen molar-refractivity contribution in [2.24, 2.45) is 0 Å². The van der Waals surface area contributed by atoms with E-state index in [0.29, 0.717) is 0 Å². The Kier molecular flexibility index (Phi) is 4.85. The zero-order valence-corrected chi connectivity index (χ0v) is 10.8. The molecule has 0 aromatic heterocycles. The average molecular weight is 250 g/mol. The number of nitrogens with one attached hydrogen (secondary N) is 2. The van der Waals surface area contributed by atoms with Gasteiger partial charge in [-0.1, -0.05) is 12.1 Å². The number of carbonyl (C=O) groups is 2. The molecule has 1 rings (SSSR count). The van der Waals surface area contributed by atoms with Gasteiger partial charge in [-0.3, -0.25) is 14.9 Å². The Morgan fingerprint density at radius 1 is 1.33 bits per heavy atom. The highest BCUT2D eigenvalue weighted by molar-refractivity contribution is 5.93. The van der Waals surface area contributed by atoms with Crippen LogP contribution in [0.4, 0.5) is 5.69 Å². The second-order valence-electron chi connectivity index (χ2n) is 4.24. The Morgan fingerprint density at radius 2 is 2.00 bits per heavy atom. The summed E-state index contributed by atoms with van der Waals surface area (Å²) in [4.78, 5) is 22.2. The smallest absolute Gasteiger partial charge is 0.320 e. The normalized spacial score (nSPS) is 11.9. The van der Waals surface area contributed by atoms with Crippen molar-refractivity contribution in [2.75, 3.05) is 11.9 Å². The highest BCUT2D eigenvalue weighted by atomic mass is 16.4. The van der Waals surface area contributed by atoms with E-state index >= 15 is 0 Å². The Hall–Kier alpha value is -1.88. The van der Waals surface area contributed by atoms with Crippen molar-refractivity contribution < 1.29 is 14.7 Å². The van der Waals surface area contributed by atoms with Gasteiger partial charge in [0.05, 0.1) is 6.54 Å². The summed E-state index contributed by atoms with van der Waals surface area (Å²) >= 11 is 0. The van der Waals surface area contributed by atoms with Gasteiger partial charge in [0.1, 0.15) is 6.04 Å². The van der Waals surface area contributed by atoms with E-state index in [1.807, 2.05) is 32.0 Å². The van der Waals surface area contributed by atoms with Crippen LogP contribution in [0, 0.1) is 13.8 Å². The number of carboxylic acid groups (broad SMARTS) is 1. The van der Waals surface area contributed by atoms with Gasteiger partial charge in [-0.05, 0) is 38.0 Å². The van der Waals surface area contributed by atoms with Crippen LogP contribution in [0.25, 0.3) is 0 Å². The molecular formula is C13H18N2O3. The van der Waals surface area contributed by atoms with Gasteiger partial charge in [-0.15, -0.1) is 0 Å². The second kappa shape index (κ2) is 6.16. The fourth-order valence-electron chi connectivity index (χ4n) is 1.41. The predicted octanol–water partition coefficient (Wildman–Crippen LogP) is 1.30. The van der Waals surface area contributed by atoms with Crippen LogP contribution < -0.4 is 10.6 Å². The number of benzene rings is 1. The predicted molar refractivity (Wildman–Crippen MR) is 69.6 cm³/mol. The van der Waals surface area contributed by atoms with Crippen LogP contribution in [-0.4, -0.2) is 29.6 Å².